The van der Waals surface area contributed by atoms with Crippen molar-refractivity contribution in [2.45, 2.75) is 38.9 Å². The molecule has 1 heterocycles. The lowest BCUT2D eigenvalue weighted by Gasteiger charge is -2.35. The van der Waals surface area contributed by atoms with Gasteiger partial charge in [0.2, 0.25) is 0 Å². The molecule has 0 aliphatic carbocycles. The van der Waals surface area contributed by atoms with E-state index in [1.165, 1.54) is 25.2 Å². The third-order valence-electron chi connectivity index (χ3n) is 5.57. The van der Waals surface area contributed by atoms with Crippen LogP contribution in [0.25, 0.3) is 0 Å². The third kappa shape index (κ3) is 5.35. The molecule has 0 fully saturated rings. The van der Waals surface area contributed by atoms with Crippen LogP contribution in [0.3, 0.4) is 0 Å². The molecule has 0 spiro atoms. The Bertz CT molecular complexity index is 1080. The van der Waals surface area contributed by atoms with Gasteiger partial charge in [0.25, 0.3) is 0 Å². The molecule has 0 saturated heterocycles. The number of nitrogens with one attached hydrogen (secondary N) is 1. The summed E-state index contributed by atoms with van der Waals surface area (Å²) in [4.78, 5) is 26.8. The van der Waals surface area contributed by atoms with Crippen molar-refractivity contribution in [3.05, 3.63) is 76.5 Å². The van der Waals surface area contributed by atoms with Crippen molar-refractivity contribution in [3.63, 3.8) is 0 Å². The molecule has 6 nitrogen and oxygen atoms in total. The molecule has 0 bridgehead atoms. The number of carbonyl (C=O) groups is 2. The number of hydrogen-bond acceptors (Lipinski definition) is 4. The number of likely N-dealkylation sites (N-methyl/N-ethyl adjacent to an activating group) is 1. The number of carbonyl (C=O) groups excluding carboxylic acids is 2. The first-order valence-electron chi connectivity index (χ1n) is 10.9. The molecule has 1 aliphatic rings. The largest absolute Gasteiger partial charge is 0.487 e. The number of benzene rings is 2. The van der Waals surface area contributed by atoms with Crippen molar-refractivity contribution in [2.24, 2.45) is 0 Å². The van der Waals surface area contributed by atoms with E-state index in [9.17, 15) is 22.8 Å². The number of ether oxygens (including phenoxy) is 2. The number of hydrogen-bond donors (Lipinski definition) is 1. The topological polar surface area (TPSA) is 67.9 Å². The van der Waals surface area contributed by atoms with Gasteiger partial charge in [0.15, 0.2) is 0 Å². The summed E-state index contributed by atoms with van der Waals surface area (Å²) >= 11 is 0. The highest BCUT2D eigenvalue weighted by Crippen LogP contribution is 2.39. The van der Waals surface area contributed by atoms with Gasteiger partial charge in [-0.1, -0.05) is 44.2 Å². The van der Waals surface area contributed by atoms with E-state index in [-0.39, 0.29) is 30.0 Å². The van der Waals surface area contributed by atoms with E-state index in [2.05, 4.69) is 19.2 Å². The van der Waals surface area contributed by atoms with Crippen LogP contribution in [0.5, 0.6) is 5.75 Å². The fraction of sp³-hybridized carbons (Fsp3) is 0.360. The molecular weight excluding hydrogens is 449 g/mol. The molecule has 34 heavy (non-hydrogen) atoms. The zero-order valence-electron chi connectivity index (χ0n) is 19.4. The van der Waals surface area contributed by atoms with Gasteiger partial charge in [-0.15, -0.1) is 0 Å². The van der Waals surface area contributed by atoms with E-state index >= 15 is 0 Å². The number of amides is 2. The number of alkyl halides is 3. The van der Waals surface area contributed by atoms with E-state index in [1.807, 2.05) is 12.1 Å². The molecule has 2 aromatic carbocycles. The Morgan fingerprint density at radius 1 is 1.12 bits per heavy atom. The number of esters is 1. The molecule has 9 heteroatoms. The van der Waals surface area contributed by atoms with Crippen molar-refractivity contribution in [1.82, 2.24) is 10.2 Å². The van der Waals surface area contributed by atoms with Gasteiger partial charge < -0.3 is 14.8 Å². The zero-order chi connectivity index (χ0) is 25.0. The molecule has 2 amide bonds. The molecule has 1 N–H and O–H groups in total. The van der Waals surface area contributed by atoms with Crippen LogP contribution in [-0.2, 0) is 15.7 Å². The van der Waals surface area contributed by atoms with Crippen molar-refractivity contribution in [2.75, 3.05) is 20.3 Å². The van der Waals surface area contributed by atoms with Crippen LogP contribution in [-0.4, -0.2) is 37.2 Å². The fourth-order valence-corrected chi connectivity index (χ4v) is 3.72. The predicted molar refractivity (Wildman–Crippen MR) is 120 cm³/mol. The first-order chi connectivity index (χ1) is 16.0. The van der Waals surface area contributed by atoms with Crippen molar-refractivity contribution < 1.29 is 32.2 Å². The summed E-state index contributed by atoms with van der Waals surface area (Å²) in [6, 6.07) is 10.1. The van der Waals surface area contributed by atoms with Crippen LogP contribution in [0.15, 0.2) is 59.8 Å². The average Bonchev–Trinajstić information content (AvgIpc) is 2.79. The minimum Gasteiger partial charge on any atom is -0.487 e. The second kappa shape index (κ2) is 10.2. The van der Waals surface area contributed by atoms with Crippen LogP contribution in [0, 0.1) is 0 Å². The minimum atomic E-state index is -4.68. The van der Waals surface area contributed by atoms with Crippen molar-refractivity contribution in [3.8, 4) is 5.75 Å². The van der Waals surface area contributed by atoms with E-state index in [0.717, 1.165) is 16.5 Å². The van der Waals surface area contributed by atoms with E-state index in [4.69, 9.17) is 9.47 Å². The first kappa shape index (κ1) is 25.1. The Morgan fingerprint density at radius 3 is 2.35 bits per heavy atom. The van der Waals surface area contributed by atoms with E-state index in [0.29, 0.717) is 11.7 Å². The summed E-state index contributed by atoms with van der Waals surface area (Å²) in [6.07, 6.45) is -4.68. The van der Waals surface area contributed by atoms with Crippen LogP contribution in [0.4, 0.5) is 18.0 Å². The summed E-state index contributed by atoms with van der Waals surface area (Å²) in [5.74, 6) is -0.00776. The molecule has 1 unspecified atom stereocenters. The van der Waals surface area contributed by atoms with Crippen molar-refractivity contribution in [1.29, 1.82) is 0 Å². The molecular formula is C25H27F3N2O4. The zero-order valence-corrected chi connectivity index (χ0v) is 19.4. The molecule has 1 atom stereocenters. The predicted octanol–water partition coefficient (Wildman–Crippen LogP) is 5.42. The molecule has 0 radical (unpaired) electrons. The number of urea groups is 1. The smallest absolute Gasteiger partial charge is 0.416 e. The van der Waals surface area contributed by atoms with Gasteiger partial charge in [0.1, 0.15) is 12.4 Å². The van der Waals surface area contributed by atoms with Gasteiger partial charge in [-0.3, -0.25) is 4.90 Å². The molecule has 1 aliphatic heterocycles. The Balaban J connectivity index is 2.06. The standard InChI is InChI=1S/C25H27F3N2O4/c1-5-33-23(31)21-20(14-34-17-12-10-16(11-13-17)15(2)3)30(4)24(32)29-22(21)18-8-6-7-9-19(18)25(26,27)28/h6-13,15,22H,5,14H2,1-4H3,(H,29,32). The van der Waals surface area contributed by atoms with E-state index in [1.54, 1.807) is 19.1 Å². The highest BCUT2D eigenvalue weighted by atomic mass is 19.4. The minimum absolute atomic E-state index is 0.0123. The third-order valence-corrected chi connectivity index (χ3v) is 5.57. The molecule has 0 aromatic heterocycles. The molecule has 182 valence electrons. The molecule has 3 rings (SSSR count). The highest BCUT2D eigenvalue weighted by molar-refractivity contribution is 5.95. The highest BCUT2D eigenvalue weighted by Gasteiger charge is 2.42. The van der Waals surface area contributed by atoms with Gasteiger partial charge >= 0.3 is 18.2 Å². The SMILES string of the molecule is CCOC(=O)C1=C(COc2ccc(C(C)C)cc2)N(C)C(=O)NC1c1ccccc1C(F)(F)F. The number of rotatable bonds is 7. The Hall–Kier alpha value is -3.49. The Morgan fingerprint density at radius 2 is 1.76 bits per heavy atom. The average molecular weight is 476 g/mol. The summed E-state index contributed by atoms with van der Waals surface area (Å²) < 4.78 is 52.2. The quantitative estimate of drug-likeness (QED) is 0.542. The lowest BCUT2D eigenvalue weighted by atomic mass is 9.91. The Kier molecular flexibility index (Phi) is 7.54. The van der Waals surface area contributed by atoms with Crippen LogP contribution in [0.2, 0.25) is 0 Å². The summed E-state index contributed by atoms with van der Waals surface area (Å²) in [6.45, 7) is 5.50. The molecule has 2 aromatic rings. The molecule has 0 saturated carbocycles. The van der Waals surface area contributed by atoms with Gasteiger partial charge in [0, 0.05) is 7.05 Å². The van der Waals surface area contributed by atoms with Gasteiger partial charge in [-0.2, -0.15) is 13.2 Å². The lowest BCUT2D eigenvalue weighted by Crippen LogP contribution is -2.48. The maximum Gasteiger partial charge on any atom is 0.416 e. The summed E-state index contributed by atoms with van der Waals surface area (Å²) in [7, 11) is 1.42. The first-order valence-corrected chi connectivity index (χ1v) is 10.9. The normalized spacial score (nSPS) is 16.5. The lowest BCUT2D eigenvalue weighted by molar-refractivity contribution is -0.141. The van der Waals surface area contributed by atoms with Crippen LogP contribution in [0.1, 0.15) is 49.4 Å². The maximum atomic E-state index is 13.7. The maximum absolute atomic E-state index is 13.7. The second-order valence-electron chi connectivity index (χ2n) is 8.12. The van der Waals surface area contributed by atoms with Gasteiger partial charge in [0.05, 0.1) is 29.5 Å². The summed E-state index contributed by atoms with van der Waals surface area (Å²) in [5.41, 5.74) is -0.0807. The van der Waals surface area contributed by atoms with Gasteiger partial charge in [-0.05, 0) is 42.2 Å². The monoisotopic (exact) mass is 476 g/mol. The number of nitrogens with zero attached hydrogens (tertiary/aromatic N) is 1. The van der Waals surface area contributed by atoms with Crippen LogP contribution < -0.4 is 10.1 Å². The Labute approximate surface area is 196 Å². The number of halogens is 3. The summed E-state index contributed by atoms with van der Waals surface area (Å²) in [5, 5.41) is 2.51. The van der Waals surface area contributed by atoms with E-state index < -0.39 is 29.8 Å². The van der Waals surface area contributed by atoms with Crippen LogP contribution >= 0.6 is 0 Å². The second-order valence-corrected chi connectivity index (χ2v) is 8.12. The fourth-order valence-electron chi connectivity index (χ4n) is 3.72. The van der Waals surface area contributed by atoms with Gasteiger partial charge in [-0.25, -0.2) is 9.59 Å². The van der Waals surface area contributed by atoms with Crippen molar-refractivity contribution >= 4 is 12.0 Å².